The van der Waals surface area contributed by atoms with Crippen LogP contribution < -0.4 is 4.74 Å². The number of hydrogen-bond acceptors (Lipinski definition) is 4. The number of diazo groups is 1. The Bertz CT molecular complexity index is 483. The zero-order valence-electron chi connectivity index (χ0n) is 9.59. The quantitative estimate of drug-likeness (QED) is 0.277. The second kappa shape index (κ2) is 7.15. The Hall–Kier alpha value is -2.38. The molecule has 0 saturated heterocycles. The summed E-state index contributed by atoms with van der Waals surface area (Å²) in [6.45, 7) is 2.07. The summed E-state index contributed by atoms with van der Waals surface area (Å²) >= 11 is 0. The van der Waals surface area contributed by atoms with Gasteiger partial charge >= 0.3 is 18.6 Å². The van der Waals surface area contributed by atoms with E-state index in [9.17, 15) is 27.4 Å². The smallest absolute Gasteiger partial charge is 0.487 e. The minimum atomic E-state index is -6.00. The van der Waals surface area contributed by atoms with E-state index in [1.165, 1.54) is 12.1 Å². The number of benzene rings is 1. The molecule has 0 aliphatic rings. The molecule has 0 fully saturated rings. The van der Waals surface area contributed by atoms with Crippen molar-refractivity contribution >= 4 is 18.6 Å². The lowest BCUT2D eigenvalue weighted by Crippen LogP contribution is -2.02. The number of rotatable bonds is 3. The SMILES string of the molecule is CCOc1ccc([N+]#N)cc1[N+](=O)[O-].F[B-](F)(F)F. The first-order valence-electron chi connectivity index (χ1n) is 4.82. The molecule has 0 unspecified atom stereocenters. The number of nitro benzene ring substituents is 1. The van der Waals surface area contributed by atoms with Gasteiger partial charge < -0.3 is 22.0 Å². The van der Waals surface area contributed by atoms with Crippen LogP contribution in [0.25, 0.3) is 4.98 Å². The van der Waals surface area contributed by atoms with Crippen molar-refractivity contribution in [1.82, 2.24) is 0 Å². The molecule has 6 nitrogen and oxygen atoms in total. The highest BCUT2D eigenvalue weighted by molar-refractivity contribution is 6.50. The first-order chi connectivity index (χ1) is 8.69. The van der Waals surface area contributed by atoms with Crippen LogP contribution in [0.1, 0.15) is 6.92 Å². The lowest BCUT2D eigenvalue weighted by Gasteiger charge is -2.01. The van der Waals surface area contributed by atoms with E-state index in [1.54, 1.807) is 6.92 Å². The highest BCUT2D eigenvalue weighted by Crippen LogP contribution is 2.31. The third-order valence-corrected chi connectivity index (χ3v) is 1.55. The minimum Gasteiger partial charge on any atom is -0.487 e. The summed E-state index contributed by atoms with van der Waals surface area (Å²) in [7, 11) is -6.00. The maximum absolute atomic E-state index is 10.6. The summed E-state index contributed by atoms with van der Waals surface area (Å²) in [5.74, 6) is 0.171. The summed E-state index contributed by atoms with van der Waals surface area (Å²) < 4.78 is 44.0. The molecule has 0 amide bonds. The average Bonchev–Trinajstić information content (AvgIpc) is 2.27. The van der Waals surface area contributed by atoms with Crippen LogP contribution in [0, 0.1) is 15.5 Å². The Morgan fingerprint density at radius 3 is 2.32 bits per heavy atom. The van der Waals surface area contributed by atoms with Crippen molar-refractivity contribution in [2.75, 3.05) is 6.61 Å². The lowest BCUT2D eigenvalue weighted by atomic mass is 10.2. The van der Waals surface area contributed by atoms with Gasteiger partial charge in [0.25, 0.3) is 0 Å². The first kappa shape index (κ1) is 16.6. The predicted molar refractivity (Wildman–Crippen MR) is 59.2 cm³/mol. The van der Waals surface area contributed by atoms with Crippen molar-refractivity contribution in [3.63, 3.8) is 0 Å². The van der Waals surface area contributed by atoms with Gasteiger partial charge in [0.15, 0.2) is 10.7 Å². The van der Waals surface area contributed by atoms with Crippen LogP contribution in [-0.4, -0.2) is 18.8 Å². The summed E-state index contributed by atoms with van der Waals surface area (Å²) in [6.07, 6.45) is 0. The van der Waals surface area contributed by atoms with Crippen LogP contribution in [0.2, 0.25) is 0 Å². The van der Waals surface area contributed by atoms with Gasteiger partial charge in [-0.05, 0) is 13.0 Å². The molecular formula is C8H8BF4N3O3. The number of nitrogens with zero attached hydrogens (tertiary/aromatic N) is 3. The Kier molecular flexibility index (Phi) is 6.25. The van der Waals surface area contributed by atoms with Crippen molar-refractivity contribution < 1.29 is 26.9 Å². The molecule has 0 bridgehead atoms. The van der Waals surface area contributed by atoms with Crippen LogP contribution in [0.4, 0.5) is 28.6 Å². The third kappa shape index (κ3) is 7.53. The van der Waals surface area contributed by atoms with Crippen LogP contribution in [0.15, 0.2) is 18.2 Å². The van der Waals surface area contributed by atoms with Gasteiger partial charge in [0.05, 0.1) is 11.5 Å². The van der Waals surface area contributed by atoms with Crippen molar-refractivity contribution in [3.05, 3.63) is 33.3 Å². The van der Waals surface area contributed by atoms with E-state index in [1.807, 2.05) is 0 Å². The van der Waals surface area contributed by atoms with Crippen LogP contribution in [0.3, 0.4) is 0 Å². The lowest BCUT2D eigenvalue weighted by molar-refractivity contribution is -0.385. The molecule has 1 rings (SSSR count). The maximum Gasteiger partial charge on any atom is 0.673 e. The molecule has 0 aliphatic heterocycles. The molecule has 11 heteroatoms. The van der Waals surface area contributed by atoms with Gasteiger partial charge in [-0.3, -0.25) is 10.1 Å². The second-order valence-electron chi connectivity index (χ2n) is 2.94. The van der Waals surface area contributed by atoms with Crippen LogP contribution in [0.5, 0.6) is 5.75 Å². The van der Waals surface area contributed by atoms with Crippen LogP contribution in [-0.2, 0) is 0 Å². The summed E-state index contributed by atoms with van der Waals surface area (Å²) in [5.41, 5.74) is -0.0812. The molecule has 0 aliphatic carbocycles. The molecule has 19 heavy (non-hydrogen) atoms. The predicted octanol–water partition coefficient (Wildman–Crippen LogP) is 3.78. The largest absolute Gasteiger partial charge is 0.673 e. The van der Waals surface area contributed by atoms with Crippen molar-refractivity contribution in [2.24, 2.45) is 0 Å². The summed E-state index contributed by atoms with van der Waals surface area (Å²) in [4.78, 5) is 12.8. The monoisotopic (exact) mass is 281 g/mol. The standard InChI is InChI=1S/C8H8N3O3.BF4/c1-2-14-8-4-3-6(10-9)5-7(8)11(12)13;2-1(3,4)5/h3-5H,2H2,1H3;/q+1;-1. The molecule has 0 spiro atoms. The fraction of sp³-hybridized carbons (Fsp3) is 0.250. The van der Waals surface area contributed by atoms with E-state index < -0.39 is 12.2 Å². The molecule has 0 atom stereocenters. The van der Waals surface area contributed by atoms with Gasteiger partial charge in [0.1, 0.15) is 6.07 Å². The highest BCUT2D eigenvalue weighted by atomic mass is 19.5. The second-order valence-corrected chi connectivity index (χ2v) is 2.94. The molecule has 0 N–H and O–H groups in total. The van der Waals surface area contributed by atoms with E-state index in [0.717, 1.165) is 6.07 Å². The molecule has 1 aromatic rings. The van der Waals surface area contributed by atoms with Gasteiger partial charge in [-0.25, -0.2) is 0 Å². The van der Waals surface area contributed by atoms with Gasteiger partial charge in [0, 0.05) is 6.07 Å². The normalized spacial score (nSPS) is 9.89. The molecule has 1 aromatic carbocycles. The first-order valence-corrected chi connectivity index (χ1v) is 4.82. The fourth-order valence-electron chi connectivity index (χ4n) is 0.988. The number of halogens is 4. The topological polar surface area (TPSA) is 80.5 Å². The average molecular weight is 281 g/mol. The number of hydrogen-bond donors (Lipinski definition) is 0. The van der Waals surface area contributed by atoms with E-state index in [2.05, 4.69) is 4.98 Å². The van der Waals surface area contributed by atoms with Gasteiger partial charge in [-0.15, -0.1) is 0 Å². The zero-order valence-corrected chi connectivity index (χ0v) is 9.59. The van der Waals surface area contributed by atoms with E-state index in [0.29, 0.717) is 6.61 Å². The Morgan fingerprint density at radius 2 is 1.95 bits per heavy atom. The summed E-state index contributed by atoms with van der Waals surface area (Å²) in [5, 5.41) is 19.0. The van der Waals surface area contributed by atoms with E-state index >= 15 is 0 Å². The van der Waals surface area contributed by atoms with Gasteiger partial charge in [0.2, 0.25) is 5.39 Å². The third-order valence-electron chi connectivity index (χ3n) is 1.55. The van der Waals surface area contributed by atoms with Gasteiger partial charge in [-0.2, -0.15) is 0 Å². The molecule has 0 aromatic heterocycles. The minimum absolute atomic E-state index is 0.125. The number of nitro groups is 1. The Morgan fingerprint density at radius 1 is 1.42 bits per heavy atom. The number of ether oxygens (including phenoxy) is 1. The highest BCUT2D eigenvalue weighted by Gasteiger charge is 2.21. The Labute approximate surface area is 104 Å². The molecular weight excluding hydrogens is 273 g/mol. The molecule has 0 saturated carbocycles. The van der Waals surface area contributed by atoms with Crippen LogP contribution >= 0.6 is 0 Å². The molecule has 104 valence electrons. The van der Waals surface area contributed by atoms with E-state index in [-0.39, 0.29) is 17.1 Å². The van der Waals surface area contributed by atoms with Crippen molar-refractivity contribution in [3.8, 4) is 5.75 Å². The van der Waals surface area contributed by atoms with Crippen molar-refractivity contribution in [1.29, 1.82) is 5.39 Å². The fourth-order valence-corrected chi connectivity index (χ4v) is 0.988. The Balaban J connectivity index is 0.000000555. The van der Waals surface area contributed by atoms with Gasteiger partial charge in [-0.1, -0.05) is 0 Å². The molecule has 0 radical (unpaired) electrons. The molecule has 0 heterocycles. The van der Waals surface area contributed by atoms with E-state index in [4.69, 9.17) is 10.1 Å². The van der Waals surface area contributed by atoms with Crippen molar-refractivity contribution in [2.45, 2.75) is 6.92 Å². The summed E-state index contributed by atoms with van der Waals surface area (Å²) in [6, 6.07) is 3.97. The maximum atomic E-state index is 10.6. The zero-order chi connectivity index (χ0) is 15.1.